The van der Waals surface area contributed by atoms with Crippen LogP contribution in [0.15, 0.2) is 27.8 Å². The van der Waals surface area contributed by atoms with Crippen molar-refractivity contribution in [1.82, 2.24) is 9.55 Å². The Morgan fingerprint density at radius 3 is 2.39 bits per heavy atom. The molecule has 1 aromatic carbocycles. The number of aromatic amines is 1. The number of hydrogen-bond acceptors (Lipinski definition) is 5. The zero-order valence-corrected chi connectivity index (χ0v) is 17.0. The van der Waals surface area contributed by atoms with Gasteiger partial charge in [0.1, 0.15) is 6.73 Å². The number of rotatable bonds is 9. The summed E-state index contributed by atoms with van der Waals surface area (Å²) in [4.78, 5) is 37.9. The summed E-state index contributed by atoms with van der Waals surface area (Å²) < 4.78 is 11.9. The Balaban J connectivity index is 2.25. The van der Waals surface area contributed by atoms with Crippen LogP contribution in [0.1, 0.15) is 48.2 Å². The fourth-order valence-corrected chi connectivity index (χ4v) is 3.26. The highest BCUT2D eigenvalue weighted by Gasteiger charge is 2.15. The molecule has 0 radical (unpaired) electrons. The predicted molar refractivity (Wildman–Crippen MR) is 107 cm³/mol. The molecule has 0 amide bonds. The molecule has 0 aliphatic heterocycles. The molecule has 0 atom stereocenters. The highest BCUT2D eigenvalue weighted by Crippen LogP contribution is 2.15. The molecular formula is C21H28N2O5. The second-order valence-corrected chi connectivity index (χ2v) is 6.87. The molecule has 1 heterocycles. The Bertz CT molecular complexity index is 923. The first kappa shape index (κ1) is 21.6. The average Bonchev–Trinajstić information content (AvgIpc) is 2.59. The number of aryl methyl sites for hydroxylation is 2. The second kappa shape index (κ2) is 10.0. The molecule has 0 saturated heterocycles. The van der Waals surface area contributed by atoms with Crippen LogP contribution in [-0.2, 0) is 33.8 Å². The van der Waals surface area contributed by atoms with Crippen molar-refractivity contribution in [1.29, 1.82) is 0 Å². The minimum absolute atomic E-state index is 0.0306. The van der Waals surface area contributed by atoms with Gasteiger partial charge < -0.3 is 9.47 Å². The largest absolute Gasteiger partial charge is 0.466 e. The number of aromatic nitrogens is 2. The smallest absolute Gasteiger partial charge is 0.330 e. The van der Waals surface area contributed by atoms with Gasteiger partial charge in [0, 0.05) is 31.0 Å². The van der Waals surface area contributed by atoms with Crippen LogP contribution in [0.3, 0.4) is 0 Å². The van der Waals surface area contributed by atoms with E-state index >= 15 is 0 Å². The number of ether oxygens (including phenoxy) is 2. The van der Waals surface area contributed by atoms with Crippen LogP contribution in [0.5, 0.6) is 0 Å². The lowest BCUT2D eigenvalue weighted by atomic mass is 10.0. The zero-order chi connectivity index (χ0) is 20.7. The third-order valence-electron chi connectivity index (χ3n) is 4.38. The first-order valence-corrected chi connectivity index (χ1v) is 9.45. The van der Waals surface area contributed by atoms with Gasteiger partial charge in [-0.15, -0.1) is 0 Å². The van der Waals surface area contributed by atoms with Gasteiger partial charge in [-0.2, -0.15) is 0 Å². The van der Waals surface area contributed by atoms with Gasteiger partial charge in [0.05, 0.1) is 13.2 Å². The Labute approximate surface area is 164 Å². The number of carbonyl (C=O) groups excluding carboxylic acids is 1. The van der Waals surface area contributed by atoms with Crippen LogP contribution in [0.4, 0.5) is 0 Å². The van der Waals surface area contributed by atoms with E-state index in [0.717, 1.165) is 16.7 Å². The van der Waals surface area contributed by atoms with E-state index in [-0.39, 0.29) is 24.9 Å². The van der Waals surface area contributed by atoms with Crippen LogP contribution in [0.2, 0.25) is 0 Å². The van der Waals surface area contributed by atoms with E-state index in [1.165, 1.54) is 11.5 Å². The second-order valence-electron chi connectivity index (χ2n) is 6.87. The summed E-state index contributed by atoms with van der Waals surface area (Å²) >= 11 is 0. The van der Waals surface area contributed by atoms with E-state index in [9.17, 15) is 14.4 Å². The highest BCUT2D eigenvalue weighted by molar-refractivity contribution is 5.65. The monoisotopic (exact) mass is 388 g/mol. The zero-order valence-electron chi connectivity index (χ0n) is 17.0. The molecule has 2 rings (SSSR count). The molecule has 7 heteroatoms. The number of carbonyl (C=O) groups is 1. The van der Waals surface area contributed by atoms with Crippen molar-refractivity contribution in [3.63, 3.8) is 0 Å². The minimum Gasteiger partial charge on any atom is -0.466 e. The summed E-state index contributed by atoms with van der Waals surface area (Å²) in [6.45, 7) is 7.93. The molecule has 2 aromatic rings. The normalized spacial score (nSPS) is 10.9. The van der Waals surface area contributed by atoms with Crippen LogP contribution in [0, 0.1) is 13.8 Å². The van der Waals surface area contributed by atoms with Crippen molar-refractivity contribution < 1.29 is 14.3 Å². The summed E-state index contributed by atoms with van der Waals surface area (Å²) in [5, 5.41) is 0. The number of nitrogens with one attached hydrogen (secondary N) is 1. The highest BCUT2D eigenvalue weighted by atomic mass is 16.5. The van der Waals surface area contributed by atoms with Crippen LogP contribution in [-0.4, -0.2) is 28.7 Å². The van der Waals surface area contributed by atoms with Gasteiger partial charge in [-0.25, -0.2) is 4.79 Å². The minimum atomic E-state index is -0.485. The van der Waals surface area contributed by atoms with Crippen molar-refractivity contribution in [2.45, 2.75) is 53.7 Å². The van der Waals surface area contributed by atoms with Gasteiger partial charge >= 0.3 is 11.7 Å². The van der Waals surface area contributed by atoms with E-state index < -0.39 is 5.69 Å². The third-order valence-corrected chi connectivity index (χ3v) is 4.38. The maximum absolute atomic E-state index is 12.4. The lowest BCUT2D eigenvalue weighted by Crippen LogP contribution is -2.36. The maximum Gasteiger partial charge on any atom is 0.330 e. The van der Waals surface area contributed by atoms with E-state index in [2.05, 4.69) is 23.2 Å². The first-order valence-electron chi connectivity index (χ1n) is 9.45. The van der Waals surface area contributed by atoms with Gasteiger partial charge in [0.2, 0.25) is 0 Å². The SMILES string of the molecule is CCc1c(Cc2cc(C)cc(C)c2)n(COCCCOC(C)=O)c(=O)[nH]c1=O. The van der Waals surface area contributed by atoms with Crippen molar-refractivity contribution in [3.8, 4) is 0 Å². The fraction of sp³-hybridized carbons (Fsp3) is 0.476. The quantitative estimate of drug-likeness (QED) is 0.525. The molecule has 0 saturated carbocycles. The van der Waals surface area contributed by atoms with E-state index in [1.54, 1.807) is 0 Å². The average molecular weight is 388 g/mol. The molecule has 0 bridgehead atoms. The molecule has 0 aliphatic rings. The van der Waals surface area contributed by atoms with Crippen LogP contribution >= 0.6 is 0 Å². The summed E-state index contributed by atoms with van der Waals surface area (Å²) in [7, 11) is 0. The molecule has 1 aromatic heterocycles. The summed E-state index contributed by atoms with van der Waals surface area (Å²) in [5.74, 6) is -0.333. The molecule has 152 valence electrons. The molecule has 7 nitrogen and oxygen atoms in total. The van der Waals surface area contributed by atoms with Gasteiger partial charge in [-0.05, 0) is 25.8 Å². The van der Waals surface area contributed by atoms with Crippen molar-refractivity contribution in [2.24, 2.45) is 0 Å². The third kappa shape index (κ3) is 5.92. The lowest BCUT2D eigenvalue weighted by Gasteiger charge is -2.16. The van der Waals surface area contributed by atoms with Crippen molar-refractivity contribution in [3.05, 3.63) is 67.0 Å². The van der Waals surface area contributed by atoms with Gasteiger partial charge in [-0.1, -0.05) is 36.2 Å². The lowest BCUT2D eigenvalue weighted by molar-refractivity contribution is -0.141. The number of hydrogen-bond donors (Lipinski definition) is 1. The van der Waals surface area contributed by atoms with Crippen LogP contribution in [0.25, 0.3) is 0 Å². The Morgan fingerprint density at radius 2 is 1.79 bits per heavy atom. The van der Waals surface area contributed by atoms with E-state index in [1.807, 2.05) is 20.8 Å². The standard InChI is InChI=1S/C21H28N2O5/c1-5-18-19(12-17-10-14(2)9-15(3)11-17)23(21(26)22-20(18)25)13-27-7-6-8-28-16(4)24/h9-11H,5-8,12-13H2,1-4H3,(H,22,25,26). The number of esters is 1. The first-order chi connectivity index (χ1) is 13.3. The van der Waals surface area contributed by atoms with Crippen molar-refractivity contribution >= 4 is 5.97 Å². The molecule has 28 heavy (non-hydrogen) atoms. The maximum atomic E-state index is 12.4. The summed E-state index contributed by atoms with van der Waals surface area (Å²) in [6.07, 6.45) is 1.52. The molecule has 1 N–H and O–H groups in total. The van der Waals surface area contributed by atoms with Crippen LogP contribution < -0.4 is 11.2 Å². The topological polar surface area (TPSA) is 90.4 Å². The molecule has 0 unspecified atom stereocenters. The number of benzene rings is 1. The van der Waals surface area contributed by atoms with Gasteiger partial charge in [0.15, 0.2) is 0 Å². The predicted octanol–water partition coefficient (Wildman–Crippen LogP) is 2.23. The number of H-pyrrole nitrogens is 1. The number of nitrogens with zero attached hydrogens (tertiary/aromatic N) is 1. The molecular weight excluding hydrogens is 360 g/mol. The van der Waals surface area contributed by atoms with Crippen molar-refractivity contribution in [2.75, 3.05) is 13.2 Å². The Kier molecular flexibility index (Phi) is 7.75. The van der Waals surface area contributed by atoms with Gasteiger partial charge in [-0.3, -0.25) is 19.1 Å². The summed E-state index contributed by atoms with van der Waals surface area (Å²) in [6, 6.07) is 6.20. The van der Waals surface area contributed by atoms with E-state index in [4.69, 9.17) is 9.47 Å². The van der Waals surface area contributed by atoms with Gasteiger partial charge in [0.25, 0.3) is 5.56 Å². The fourth-order valence-electron chi connectivity index (χ4n) is 3.26. The Morgan fingerprint density at radius 1 is 1.11 bits per heavy atom. The molecule has 0 aliphatic carbocycles. The van der Waals surface area contributed by atoms with E-state index in [0.29, 0.717) is 37.1 Å². The molecule has 0 spiro atoms. The summed E-state index contributed by atoms with van der Waals surface area (Å²) in [5.41, 5.74) is 3.73. The molecule has 0 fully saturated rings. The Hall–Kier alpha value is -2.67.